The molecule has 146 valence electrons. The fourth-order valence-electron chi connectivity index (χ4n) is 2.95. The summed E-state index contributed by atoms with van der Waals surface area (Å²) in [6.45, 7) is 4.49. The number of nitrogens with one attached hydrogen (secondary N) is 2. The van der Waals surface area contributed by atoms with Crippen molar-refractivity contribution in [2.24, 2.45) is 4.99 Å². The van der Waals surface area contributed by atoms with Gasteiger partial charge in [-0.15, -0.1) is 35.3 Å². The van der Waals surface area contributed by atoms with Crippen LogP contribution in [-0.4, -0.2) is 42.5 Å². The van der Waals surface area contributed by atoms with Crippen LogP contribution in [0.2, 0.25) is 0 Å². The quantitative estimate of drug-likeness (QED) is 0.282. The van der Waals surface area contributed by atoms with Crippen LogP contribution in [0.1, 0.15) is 17.4 Å². The number of fused-ring (bicyclic) bond motifs is 1. The van der Waals surface area contributed by atoms with Crippen LogP contribution in [0.4, 0.5) is 4.39 Å². The number of aromatic amines is 1. The minimum Gasteiger partial charge on any atom is -0.361 e. The zero-order valence-electron chi connectivity index (χ0n) is 15.7. The molecule has 4 nitrogen and oxygen atoms in total. The predicted molar refractivity (Wildman–Crippen MR) is 124 cm³/mol. The first kappa shape index (κ1) is 21.7. The molecule has 0 aliphatic carbocycles. The van der Waals surface area contributed by atoms with E-state index in [1.807, 2.05) is 6.20 Å². The normalized spacial score (nSPS) is 11.4. The average molecular weight is 500 g/mol. The molecule has 3 rings (SSSR count). The molecule has 2 N–H and O–H groups in total. The van der Waals surface area contributed by atoms with E-state index in [0.717, 1.165) is 48.4 Å². The van der Waals surface area contributed by atoms with Crippen molar-refractivity contribution in [3.05, 3.63) is 58.2 Å². The number of aliphatic imine (C=N–C) groups is 1. The van der Waals surface area contributed by atoms with Crippen molar-refractivity contribution >= 4 is 52.2 Å². The Balaban J connectivity index is 0.00000261. The zero-order valence-corrected chi connectivity index (χ0v) is 18.8. The molecule has 1 aromatic carbocycles. The minimum absolute atomic E-state index is 0. The van der Waals surface area contributed by atoms with Crippen molar-refractivity contribution in [3.8, 4) is 0 Å². The topological polar surface area (TPSA) is 43.4 Å². The van der Waals surface area contributed by atoms with Crippen LogP contribution < -0.4 is 5.32 Å². The van der Waals surface area contributed by atoms with E-state index in [1.165, 1.54) is 10.9 Å². The van der Waals surface area contributed by atoms with E-state index in [4.69, 9.17) is 4.99 Å². The number of guanidine groups is 1. The predicted octanol–water partition coefficient (Wildman–Crippen LogP) is 4.67. The standard InChI is InChI=1S/C20H25FN4S.HI/c1-3-22-20(25(2)11-9-17-5-4-12-26-17)23-10-8-15-14-24-19-7-6-16(21)13-18(15)19;/h4-7,12-14,24H,3,8-11H2,1-2H3,(H,22,23);1H. The van der Waals surface area contributed by atoms with E-state index in [2.05, 4.69) is 46.7 Å². The molecular formula is C20H26FIN4S. The molecule has 0 atom stereocenters. The molecule has 0 aliphatic rings. The third-order valence-electron chi connectivity index (χ3n) is 4.34. The van der Waals surface area contributed by atoms with Crippen molar-refractivity contribution in [1.29, 1.82) is 0 Å². The summed E-state index contributed by atoms with van der Waals surface area (Å²) in [5.41, 5.74) is 2.06. The summed E-state index contributed by atoms with van der Waals surface area (Å²) in [7, 11) is 2.07. The van der Waals surface area contributed by atoms with Gasteiger partial charge in [0.2, 0.25) is 0 Å². The van der Waals surface area contributed by atoms with Crippen LogP contribution in [0.25, 0.3) is 10.9 Å². The molecule has 0 aliphatic heterocycles. The second kappa shape index (κ2) is 10.7. The molecule has 7 heteroatoms. The first-order chi connectivity index (χ1) is 12.7. The van der Waals surface area contributed by atoms with Crippen molar-refractivity contribution in [3.63, 3.8) is 0 Å². The number of thiophene rings is 1. The molecule has 0 saturated carbocycles. The molecule has 0 radical (unpaired) electrons. The maximum Gasteiger partial charge on any atom is 0.193 e. The van der Waals surface area contributed by atoms with E-state index in [0.29, 0.717) is 6.54 Å². The highest BCUT2D eigenvalue weighted by Gasteiger charge is 2.08. The maximum absolute atomic E-state index is 13.5. The summed E-state index contributed by atoms with van der Waals surface area (Å²) >= 11 is 1.79. The van der Waals surface area contributed by atoms with Crippen LogP contribution in [0, 0.1) is 5.82 Å². The molecule has 3 aromatic rings. The summed E-state index contributed by atoms with van der Waals surface area (Å²) in [6, 6.07) is 9.09. The van der Waals surface area contributed by atoms with Crippen molar-refractivity contribution in [1.82, 2.24) is 15.2 Å². The van der Waals surface area contributed by atoms with Crippen LogP contribution in [0.15, 0.2) is 46.9 Å². The summed E-state index contributed by atoms with van der Waals surface area (Å²) in [5.74, 6) is 0.707. The van der Waals surface area contributed by atoms with Gasteiger partial charge in [-0.2, -0.15) is 0 Å². The Hall–Kier alpha value is -1.61. The summed E-state index contributed by atoms with van der Waals surface area (Å²) in [5, 5.41) is 6.40. The Bertz CT molecular complexity index is 860. The summed E-state index contributed by atoms with van der Waals surface area (Å²) in [4.78, 5) is 11.5. The van der Waals surface area contributed by atoms with Gasteiger partial charge in [-0.3, -0.25) is 4.99 Å². The minimum atomic E-state index is -0.205. The highest BCUT2D eigenvalue weighted by atomic mass is 127. The van der Waals surface area contributed by atoms with Gasteiger partial charge in [-0.1, -0.05) is 6.07 Å². The lowest BCUT2D eigenvalue weighted by Gasteiger charge is -2.21. The molecule has 0 amide bonds. The van der Waals surface area contributed by atoms with E-state index in [-0.39, 0.29) is 29.8 Å². The third-order valence-corrected chi connectivity index (χ3v) is 5.28. The first-order valence-corrected chi connectivity index (χ1v) is 9.82. The van der Waals surface area contributed by atoms with E-state index in [1.54, 1.807) is 23.5 Å². The van der Waals surface area contributed by atoms with Crippen LogP contribution in [-0.2, 0) is 12.8 Å². The Morgan fingerprint density at radius 1 is 1.30 bits per heavy atom. The van der Waals surface area contributed by atoms with Crippen molar-refractivity contribution in [2.75, 3.05) is 26.7 Å². The molecule has 2 aromatic heterocycles. The number of hydrogen-bond donors (Lipinski definition) is 2. The lowest BCUT2D eigenvalue weighted by Crippen LogP contribution is -2.40. The largest absolute Gasteiger partial charge is 0.361 e. The van der Waals surface area contributed by atoms with Crippen molar-refractivity contribution < 1.29 is 4.39 Å². The Morgan fingerprint density at radius 3 is 2.89 bits per heavy atom. The number of halogens is 2. The van der Waals surface area contributed by atoms with Gasteiger partial charge in [0, 0.05) is 48.7 Å². The van der Waals surface area contributed by atoms with E-state index < -0.39 is 0 Å². The molecule has 0 unspecified atom stereocenters. The van der Waals surface area contributed by atoms with Crippen molar-refractivity contribution in [2.45, 2.75) is 19.8 Å². The summed E-state index contributed by atoms with van der Waals surface area (Å²) < 4.78 is 13.5. The zero-order chi connectivity index (χ0) is 18.4. The van der Waals surface area contributed by atoms with E-state index >= 15 is 0 Å². The SMILES string of the molecule is CCNC(=NCCc1c[nH]c2ccc(F)cc12)N(C)CCc1cccs1.I. The molecule has 0 fully saturated rings. The lowest BCUT2D eigenvalue weighted by atomic mass is 10.1. The Kier molecular flexibility index (Phi) is 8.56. The number of hydrogen-bond acceptors (Lipinski definition) is 2. The second-order valence-electron chi connectivity index (χ2n) is 6.24. The van der Waals surface area contributed by atoms with Gasteiger partial charge in [0.15, 0.2) is 5.96 Å². The van der Waals surface area contributed by atoms with E-state index in [9.17, 15) is 4.39 Å². The Morgan fingerprint density at radius 2 is 2.15 bits per heavy atom. The second-order valence-corrected chi connectivity index (χ2v) is 7.27. The number of H-pyrrole nitrogens is 1. The number of benzene rings is 1. The van der Waals surface area contributed by atoms with Gasteiger partial charge in [0.05, 0.1) is 0 Å². The lowest BCUT2D eigenvalue weighted by molar-refractivity contribution is 0.487. The first-order valence-electron chi connectivity index (χ1n) is 8.94. The van der Waals surface area contributed by atoms with Gasteiger partial charge in [-0.05, 0) is 55.0 Å². The fraction of sp³-hybridized carbons (Fsp3) is 0.350. The highest BCUT2D eigenvalue weighted by molar-refractivity contribution is 14.0. The molecule has 0 bridgehead atoms. The molecule has 2 heterocycles. The highest BCUT2D eigenvalue weighted by Crippen LogP contribution is 2.19. The molecular weight excluding hydrogens is 474 g/mol. The summed E-state index contributed by atoms with van der Waals surface area (Å²) in [6.07, 6.45) is 3.74. The Labute approximate surface area is 180 Å². The van der Waals surface area contributed by atoms with Gasteiger partial charge in [0.1, 0.15) is 5.82 Å². The maximum atomic E-state index is 13.5. The van der Waals surface area contributed by atoms with Gasteiger partial charge in [-0.25, -0.2) is 4.39 Å². The van der Waals surface area contributed by atoms with Crippen LogP contribution in [0.5, 0.6) is 0 Å². The number of nitrogens with zero attached hydrogens (tertiary/aromatic N) is 2. The van der Waals surface area contributed by atoms with Crippen LogP contribution >= 0.6 is 35.3 Å². The number of likely N-dealkylation sites (N-methyl/N-ethyl adjacent to an activating group) is 1. The molecule has 0 spiro atoms. The van der Waals surface area contributed by atoms with Gasteiger partial charge in [0.25, 0.3) is 0 Å². The molecule has 0 saturated heterocycles. The monoisotopic (exact) mass is 500 g/mol. The van der Waals surface area contributed by atoms with Crippen LogP contribution in [0.3, 0.4) is 0 Å². The third kappa shape index (κ3) is 5.93. The fourth-order valence-corrected chi connectivity index (χ4v) is 3.65. The smallest absolute Gasteiger partial charge is 0.193 e. The molecule has 27 heavy (non-hydrogen) atoms. The van der Waals surface area contributed by atoms with Gasteiger partial charge < -0.3 is 15.2 Å². The van der Waals surface area contributed by atoms with Gasteiger partial charge >= 0.3 is 0 Å². The number of rotatable bonds is 7. The number of aromatic nitrogens is 1. The average Bonchev–Trinajstić information content (AvgIpc) is 3.29.